The van der Waals surface area contributed by atoms with Gasteiger partial charge in [0.2, 0.25) is 0 Å². The zero-order chi connectivity index (χ0) is 26.9. The largest absolute Gasteiger partial charge is 0.452 e. The second-order valence-electron chi connectivity index (χ2n) is 9.97. The number of nitrogens with two attached hydrogens (primary N) is 1. The van der Waals surface area contributed by atoms with Crippen LogP contribution < -0.4 is 10.6 Å². The van der Waals surface area contributed by atoms with Crippen molar-refractivity contribution in [2.45, 2.75) is 25.5 Å². The number of carbonyl (C=O) groups excluding carboxylic acids is 2. The standard InChI is InChI=1S/C27H31N7O4S/c28-15-19-18(2-1-3-20(19)29)25-30-21-14-17(39-24(21)26(31-25)33-10-12-37-13-11-33)16-32-6-8-34(9-7-32)27(36)22-4-5-23(35)38-22/h1-3,14-15,22,28H,4-13,16,29H2/t22-/m1/s1. The Bertz CT molecular complexity index is 1410. The molecule has 1 atom stereocenters. The Morgan fingerprint density at radius 2 is 1.95 bits per heavy atom. The molecule has 3 aliphatic heterocycles. The molecule has 0 spiro atoms. The first-order valence-electron chi connectivity index (χ1n) is 13.2. The molecule has 3 fully saturated rings. The number of cyclic esters (lactones) is 1. The van der Waals surface area contributed by atoms with E-state index in [0.29, 0.717) is 56.2 Å². The number of hydrogen-bond donors (Lipinski definition) is 2. The van der Waals surface area contributed by atoms with Crippen molar-refractivity contribution in [1.82, 2.24) is 19.8 Å². The minimum Gasteiger partial charge on any atom is -0.452 e. The summed E-state index contributed by atoms with van der Waals surface area (Å²) >= 11 is 1.70. The predicted octanol–water partition coefficient (Wildman–Crippen LogP) is 2.12. The number of carbonyl (C=O) groups is 2. The van der Waals surface area contributed by atoms with E-state index in [2.05, 4.69) is 15.9 Å². The number of morpholine rings is 1. The monoisotopic (exact) mass is 549 g/mol. The van der Waals surface area contributed by atoms with Crippen molar-refractivity contribution in [3.63, 3.8) is 0 Å². The van der Waals surface area contributed by atoms with E-state index in [1.807, 2.05) is 17.0 Å². The molecule has 0 unspecified atom stereocenters. The van der Waals surface area contributed by atoms with Gasteiger partial charge in [-0.05, 0) is 12.1 Å². The van der Waals surface area contributed by atoms with Gasteiger partial charge in [-0.2, -0.15) is 0 Å². The SMILES string of the molecule is N=Cc1c(N)cccc1-c1nc(N2CCOCC2)c2sc(CN3CCN(C(=O)[C@H]4CCC(=O)O4)CC3)cc2n1. The van der Waals surface area contributed by atoms with E-state index in [-0.39, 0.29) is 11.9 Å². The molecule has 3 aliphatic rings. The van der Waals surface area contributed by atoms with Crippen LogP contribution in [0.3, 0.4) is 0 Å². The van der Waals surface area contributed by atoms with Gasteiger partial charge in [0, 0.05) is 86.6 Å². The maximum atomic E-state index is 12.7. The molecule has 1 amide bonds. The Balaban J connectivity index is 1.24. The van der Waals surface area contributed by atoms with Crippen molar-refractivity contribution >= 4 is 51.1 Å². The number of aromatic nitrogens is 2. The molecular formula is C27H31N7O4S. The zero-order valence-electron chi connectivity index (χ0n) is 21.6. The maximum Gasteiger partial charge on any atom is 0.306 e. The summed E-state index contributed by atoms with van der Waals surface area (Å²) in [6.45, 7) is 6.27. The Hall–Kier alpha value is -3.61. The summed E-state index contributed by atoms with van der Waals surface area (Å²) in [5.74, 6) is 1.07. The predicted molar refractivity (Wildman–Crippen MR) is 149 cm³/mol. The first-order chi connectivity index (χ1) is 19.0. The van der Waals surface area contributed by atoms with Crippen LogP contribution in [0.1, 0.15) is 23.3 Å². The number of amides is 1. The molecule has 2 aromatic heterocycles. The summed E-state index contributed by atoms with van der Waals surface area (Å²) in [6, 6.07) is 7.67. The van der Waals surface area contributed by atoms with Gasteiger partial charge in [-0.3, -0.25) is 14.5 Å². The summed E-state index contributed by atoms with van der Waals surface area (Å²) in [5, 5.41) is 7.90. The van der Waals surface area contributed by atoms with Gasteiger partial charge in [0.15, 0.2) is 17.7 Å². The molecule has 3 saturated heterocycles. The Labute approximate surface area is 230 Å². The number of nitrogens with zero attached hydrogens (tertiary/aromatic N) is 5. The van der Waals surface area contributed by atoms with Gasteiger partial charge >= 0.3 is 5.97 Å². The van der Waals surface area contributed by atoms with E-state index in [0.717, 1.165) is 54.3 Å². The fraction of sp³-hybridized carbons (Fsp3) is 0.444. The van der Waals surface area contributed by atoms with Crippen molar-refractivity contribution in [1.29, 1.82) is 5.41 Å². The molecule has 1 aromatic carbocycles. The molecule has 5 heterocycles. The van der Waals surface area contributed by atoms with Gasteiger partial charge in [-0.1, -0.05) is 12.1 Å². The average molecular weight is 550 g/mol. The van der Waals surface area contributed by atoms with Crippen LogP contribution in [0.15, 0.2) is 24.3 Å². The number of nitrogen functional groups attached to an aromatic ring is 1. The number of piperazine rings is 1. The van der Waals surface area contributed by atoms with Gasteiger partial charge in [0.05, 0.1) is 23.4 Å². The molecule has 39 heavy (non-hydrogen) atoms. The number of anilines is 2. The molecule has 0 radical (unpaired) electrons. The van der Waals surface area contributed by atoms with E-state index in [1.165, 1.54) is 11.1 Å². The quantitative estimate of drug-likeness (QED) is 0.269. The minimum absolute atomic E-state index is 0.0776. The number of rotatable bonds is 6. The molecule has 0 bridgehead atoms. The molecule has 3 N–H and O–H groups in total. The van der Waals surface area contributed by atoms with Crippen LogP contribution >= 0.6 is 11.3 Å². The Kier molecular flexibility index (Phi) is 7.15. The number of fused-ring (bicyclic) bond motifs is 1. The second kappa shape index (κ2) is 10.9. The van der Waals surface area contributed by atoms with E-state index in [4.69, 9.17) is 30.6 Å². The minimum atomic E-state index is -0.619. The van der Waals surface area contributed by atoms with Gasteiger partial charge < -0.3 is 30.4 Å². The number of esters is 1. The van der Waals surface area contributed by atoms with E-state index in [9.17, 15) is 9.59 Å². The summed E-state index contributed by atoms with van der Waals surface area (Å²) < 4.78 is 11.8. The van der Waals surface area contributed by atoms with Crippen molar-refractivity contribution in [2.75, 3.05) is 63.1 Å². The van der Waals surface area contributed by atoms with Crippen LogP contribution in [0.25, 0.3) is 21.6 Å². The van der Waals surface area contributed by atoms with E-state index < -0.39 is 6.10 Å². The molecule has 12 heteroatoms. The number of thiophene rings is 1. The highest BCUT2D eigenvalue weighted by Crippen LogP contribution is 2.36. The zero-order valence-corrected chi connectivity index (χ0v) is 22.4. The lowest BCUT2D eigenvalue weighted by Crippen LogP contribution is -2.51. The Morgan fingerprint density at radius 3 is 2.67 bits per heavy atom. The summed E-state index contributed by atoms with van der Waals surface area (Å²) in [4.78, 5) is 41.6. The fourth-order valence-corrected chi connectivity index (χ4v) is 6.50. The van der Waals surface area contributed by atoms with Gasteiger partial charge in [0.25, 0.3) is 5.91 Å². The third-order valence-corrected chi connectivity index (χ3v) is 8.57. The highest BCUT2D eigenvalue weighted by atomic mass is 32.1. The van der Waals surface area contributed by atoms with Crippen molar-refractivity contribution < 1.29 is 19.1 Å². The van der Waals surface area contributed by atoms with Crippen LogP contribution in [-0.4, -0.2) is 96.4 Å². The average Bonchev–Trinajstić information content (AvgIpc) is 3.58. The second-order valence-corrected chi connectivity index (χ2v) is 11.1. The topological polar surface area (TPSA) is 138 Å². The summed E-state index contributed by atoms with van der Waals surface area (Å²) in [5.41, 5.74) is 8.90. The van der Waals surface area contributed by atoms with Crippen molar-refractivity contribution in [2.24, 2.45) is 0 Å². The summed E-state index contributed by atoms with van der Waals surface area (Å²) in [7, 11) is 0. The molecule has 0 saturated carbocycles. The number of ether oxygens (including phenoxy) is 2. The molecule has 11 nitrogen and oxygen atoms in total. The van der Waals surface area contributed by atoms with Gasteiger partial charge in [-0.25, -0.2) is 9.97 Å². The van der Waals surface area contributed by atoms with Gasteiger partial charge in [-0.15, -0.1) is 11.3 Å². The first kappa shape index (κ1) is 25.7. The number of hydrogen-bond acceptors (Lipinski definition) is 11. The smallest absolute Gasteiger partial charge is 0.306 e. The number of benzene rings is 1. The third-order valence-electron chi connectivity index (χ3n) is 7.46. The van der Waals surface area contributed by atoms with Crippen LogP contribution in [0.5, 0.6) is 0 Å². The third kappa shape index (κ3) is 5.19. The lowest BCUT2D eigenvalue weighted by molar-refractivity contribution is -0.153. The molecular weight excluding hydrogens is 518 g/mol. The molecule has 204 valence electrons. The summed E-state index contributed by atoms with van der Waals surface area (Å²) in [6.07, 6.45) is 1.43. The highest BCUT2D eigenvalue weighted by molar-refractivity contribution is 7.19. The maximum absolute atomic E-state index is 12.7. The van der Waals surface area contributed by atoms with Crippen LogP contribution in [0.4, 0.5) is 11.5 Å². The number of nitrogens with one attached hydrogen (secondary N) is 1. The van der Waals surface area contributed by atoms with Crippen molar-refractivity contribution in [3.8, 4) is 11.4 Å². The van der Waals surface area contributed by atoms with Crippen molar-refractivity contribution in [3.05, 3.63) is 34.7 Å². The molecule has 0 aliphatic carbocycles. The van der Waals surface area contributed by atoms with E-state index >= 15 is 0 Å². The highest BCUT2D eigenvalue weighted by Gasteiger charge is 2.34. The fourth-order valence-electron chi connectivity index (χ4n) is 5.34. The first-order valence-corrected chi connectivity index (χ1v) is 14.0. The van der Waals surface area contributed by atoms with Gasteiger partial charge in [0.1, 0.15) is 0 Å². The lowest BCUT2D eigenvalue weighted by atomic mass is 10.1. The normalized spacial score (nSPS) is 20.4. The molecule has 3 aromatic rings. The Morgan fingerprint density at radius 1 is 1.15 bits per heavy atom. The molecule has 6 rings (SSSR count). The van der Waals surface area contributed by atoms with Crippen LogP contribution in [0.2, 0.25) is 0 Å². The van der Waals surface area contributed by atoms with Crippen LogP contribution in [0, 0.1) is 5.41 Å². The van der Waals surface area contributed by atoms with Crippen LogP contribution in [-0.2, 0) is 25.6 Å². The lowest BCUT2D eigenvalue weighted by Gasteiger charge is -2.35. The van der Waals surface area contributed by atoms with E-state index in [1.54, 1.807) is 17.4 Å².